The van der Waals surface area contributed by atoms with Crippen LogP contribution in [0.15, 0.2) is 24.5 Å². The van der Waals surface area contributed by atoms with Crippen LogP contribution in [0, 0.1) is 27.7 Å². The fraction of sp³-hybridized carbons (Fsp3) is 0.333. The number of fused-ring (bicyclic) bond motifs is 1. The Morgan fingerprint density at radius 2 is 2.00 bits per heavy atom. The van der Waals surface area contributed by atoms with Crippen LogP contribution in [0.4, 0.5) is 5.69 Å². The summed E-state index contributed by atoms with van der Waals surface area (Å²) in [6, 6.07) is 6.01. The van der Waals surface area contributed by atoms with Gasteiger partial charge in [-0.1, -0.05) is 17.7 Å². The SMILES string of the molecule is Cc1ccc(NC(=O)CCc2c(C)nc3ncnn3c2C)c(C)c1. The first-order chi connectivity index (χ1) is 11.5. The van der Waals surface area contributed by atoms with E-state index in [4.69, 9.17) is 0 Å². The number of aryl methyl sites for hydroxylation is 4. The van der Waals surface area contributed by atoms with Crippen molar-refractivity contribution in [2.24, 2.45) is 0 Å². The van der Waals surface area contributed by atoms with Gasteiger partial charge in [-0.25, -0.2) is 9.50 Å². The summed E-state index contributed by atoms with van der Waals surface area (Å²) in [5.41, 5.74) is 6.04. The lowest BCUT2D eigenvalue weighted by Gasteiger charge is -2.12. The predicted molar refractivity (Wildman–Crippen MR) is 93.1 cm³/mol. The number of benzene rings is 1. The van der Waals surface area contributed by atoms with Crippen molar-refractivity contribution in [3.63, 3.8) is 0 Å². The maximum Gasteiger partial charge on any atom is 0.252 e. The van der Waals surface area contributed by atoms with Crippen LogP contribution < -0.4 is 5.32 Å². The highest BCUT2D eigenvalue weighted by atomic mass is 16.1. The molecule has 124 valence electrons. The first-order valence-corrected chi connectivity index (χ1v) is 7.98. The van der Waals surface area contributed by atoms with Gasteiger partial charge in [-0.2, -0.15) is 10.1 Å². The van der Waals surface area contributed by atoms with Gasteiger partial charge in [-0.15, -0.1) is 0 Å². The summed E-state index contributed by atoms with van der Waals surface area (Å²) in [7, 11) is 0. The van der Waals surface area contributed by atoms with Crippen LogP contribution >= 0.6 is 0 Å². The molecule has 3 rings (SSSR count). The van der Waals surface area contributed by atoms with Gasteiger partial charge in [0.25, 0.3) is 5.78 Å². The molecule has 1 aromatic carbocycles. The van der Waals surface area contributed by atoms with Gasteiger partial charge in [0.1, 0.15) is 6.33 Å². The van der Waals surface area contributed by atoms with Gasteiger partial charge in [0.05, 0.1) is 0 Å². The number of hydrogen-bond donors (Lipinski definition) is 1. The van der Waals surface area contributed by atoms with Crippen molar-refractivity contribution >= 4 is 17.4 Å². The molecule has 1 amide bonds. The minimum Gasteiger partial charge on any atom is -0.326 e. The zero-order valence-electron chi connectivity index (χ0n) is 14.4. The normalized spacial score (nSPS) is 11.0. The van der Waals surface area contributed by atoms with E-state index in [1.807, 2.05) is 39.8 Å². The van der Waals surface area contributed by atoms with Crippen LogP contribution in [0.1, 0.15) is 34.5 Å². The molecule has 0 radical (unpaired) electrons. The molecule has 0 atom stereocenters. The van der Waals surface area contributed by atoms with Gasteiger partial charge in [0, 0.05) is 23.5 Å². The highest BCUT2D eigenvalue weighted by molar-refractivity contribution is 5.91. The lowest BCUT2D eigenvalue weighted by Crippen LogP contribution is -2.15. The van der Waals surface area contributed by atoms with Gasteiger partial charge >= 0.3 is 0 Å². The van der Waals surface area contributed by atoms with Gasteiger partial charge in [0.15, 0.2) is 0 Å². The van der Waals surface area contributed by atoms with Crippen molar-refractivity contribution in [2.45, 2.75) is 40.5 Å². The average molecular weight is 323 g/mol. The third-order valence-electron chi connectivity index (χ3n) is 4.25. The van der Waals surface area contributed by atoms with Crippen LogP contribution in [-0.2, 0) is 11.2 Å². The topological polar surface area (TPSA) is 72.2 Å². The molecule has 6 heteroatoms. The number of aromatic nitrogens is 4. The maximum absolute atomic E-state index is 12.3. The number of carbonyl (C=O) groups is 1. The Balaban J connectivity index is 1.72. The van der Waals surface area contributed by atoms with E-state index in [0.29, 0.717) is 18.6 Å². The number of hydrogen-bond acceptors (Lipinski definition) is 4. The molecule has 2 heterocycles. The first-order valence-electron chi connectivity index (χ1n) is 7.98. The molecular weight excluding hydrogens is 302 g/mol. The quantitative estimate of drug-likeness (QED) is 0.801. The third-order valence-corrected chi connectivity index (χ3v) is 4.25. The minimum atomic E-state index is -0.000518. The van der Waals surface area contributed by atoms with E-state index in [-0.39, 0.29) is 5.91 Å². The molecule has 24 heavy (non-hydrogen) atoms. The summed E-state index contributed by atoms with van der Waals surface area (Å²) in [6.07, 6.45) is 2.51. The average Bonchev–Trinajstić information content (AvgIpc) is 2.98. The molecule has 0 saturated heterocycles. The van der Waals surface area contributed by atoms with E-state index >= 15 is 0 Å². The largest absolute Gasteiger partial charge is 0.326 e. The lowest BCUT2D eigenvalue weighted by molar-refractivity contribution is -0.116. The van der Waals surface area contributed by atoms with E-state index < -0.39 is 0 Å². The van der Waals surface area contributed by atoms with Crippen molar-refractivity contribution in [2.75, 3.05) is 5.32 Å². The lowest BCUT2D eigenvalue weighted by atomic mass is 10.1. The van der Waals surface area contributed by atoms with Crippen molar-refractivity contribution in [1.82, 2.24) is 19.6 Å². The predicted octanol–water partition coefficient (Wildman–Crippen LogP) is 2.93. The molecule has 0 fully saturated rings. The summed E-state index contributed by atoms with van der Waals surface area (Å²) < 4.78 is 1.71. The molecule has 0 spiro atoms. The van der Waals surface area contributed by atoms with Crippen LogP contribution in [0.3, 0.4) is 0 Å². The number of carbonyl (C=O) groups excluding carboxylic acids is 1. The molecule has 1 N–H and O–H groups in total. The summed E-state index contributed by atoms with van der Waals surface area (Å²) in [5, 5.41) is 7.16. The van der Waals surface area contributed by atoms with Gasteiger partial charge < -0.3 is 5.32 Å². The first kappa shape index (κ1) is 16.1. The molecular formula is C18H21N5O. The van der Waals surface area contributed by atoms with Gasteiger partial charge in [0.2, 0.25) is 5.91 Å². The van der Waals surface area contributed by atoms with Crippen molar-refractivity contribution in [3.05, 3.63) is 52.6 Å². The Morgan fingerprint density at radius 3 is 2.75 bits per heavy atom. The standard InChI is InChI=1S/C18H21N5O/c1-11-5-7-16(12(2)9-11)22-17(24)8-6-15-13(3)21-18-19-10-20-23(18)14(15)4/h5,7,9-10H,6,8H2,1-4H3,(H,22,24). The van der Waals surface area contributed by atoms with Gasteiger partial charge in [-0.05, 0) is 51.3 Å². The van der Waals surface area contributed by atoms with E-state index in [1.165, 1.54) is 11.9 Å². The third kappa shape index (κ3) is 3.13. The maximum atomic E-state index is 12.3. The molecule has 6 nitrogen and oxygen atoms in total. The highest BCUT2D eigenvalue weighted by Gasteiger charge is 2.13. The molecule has 0 bridgehead atoms. The second kappa shape index (κ2) is 6.39. The van der Waals surface area contributed by atoms with Crippen molar-refractivity contribution in [1.29, 1.82) is 0 Å². The van der Waals surface area contributed by atoms with Gasteiger partial charge in [-0.3, -0.25) is 4.79 Å². The number of amides is 1. The molecule has 0 aliphatic rings. The van der Waals surface area contributed by atoms with Crippen LogP contribution in [-0.4, -0.2) is 25.5 Å². The molecule has 2 aromatic heterocycles. The van der Waals surface area contributed by atoms with E-state index in [9.17, 15) is 4.79 Å². The fourth-order valence-corrected chi connectivity index (χ4v) is 2.92. The van der Waals surface area contributed by atoms with Crippen molar-refractivity contribution in [3.8, 4) is 0 Å². The number of nitrogens with zero attached hydrogens (tertiary/aromatic N) is 4. The monoisotopic (exact) mass is 323 g/mol. The van der Waals surface area contributed by atoms with E-state index in [1.54, 1.807) is 4.52 Å². The Morgan fingerprint density at radius 1 is 1.21 bits per heavy atom. The second-order valence-corrected chi connectivity index (χ2v) is 6.10. The zero-order valence-corrected chi connectivity index (χ0v) is 14.4. The molecule has 0 aliphatic heterocycles. The molecule has 0 unspecified atom stereocenters. The van der Waals surface area contributed by atoms with E-state index in [0.717, 1.165) is 28.2 Å². The van der Waals surface area contributed by atoms with Crippen LogP contribution in [0.5, 0.6) is 0 Å². The van der Waals surface area contributed by atoms with Crippen LogP contribution in [0.25, 0.3) is 5.78 Å². The molecule has 0 aliphatic carbocycles. The van der Waals surface area contributed by atoms with Crippen molar-refractivity contribution < 1.29 is 4.79 Å². The summed E-state index contributed by atoms with van der Waals surface area (Å²) in [5.74, 6) is 0.591. The highest BCUT2D eigenvalue weighted by Crippen LogP contribution is 2.18. The summed E-state index contributed by atoms with van der Waals surface area (Å²) in [6.45, 7) is 7.96. The Bertz CT molecular complexity index is 913. The molecule has 0 saturated carbocycles. The summed E-state index contributed by atoms with van der Waals surface area (Å²) >= 11 is 0. The fourth-order valence-electron chi connectivity index (χ4n) is 2.92. The smallest absolute Gasteiger partial charge is 0.252 e. The Labute approximate surface area is 141 Å². The zero-order chi connectivity index (χ0) is 17.3. The summed E-state index contributed by atoms with van der Waals surface area (Å²) in [4.78, 5) is 20.8. The Hall–Kier alpha value is -2.76. The van der Waals surface area contributed by atoms with Crippen LogP contribution in [0.2, 0.25) is 0 Å². The van der Waals surface area contributed by atoms with E-state index in [2.05, 4.69) is 26.4 Å². The second-order valence-electron chi connectivity index (χ2n) is 6.10. The minimum absolute atomic E-state index is 0.000518. The Kier molecular flexibility index (Phi) is 4.29. The molecule has 3 aromatic rings. The number of nitrogens with one attached hydrogen (secondary N) is 1. The number of rotatable bonds is 4. The number of anilines is 1.